The maximum absolute atomic E-state index is 13.0. The van der Waals surface area contributed by atoms with Gasteiger partial charge in [-0.2, -0.15) is 0 Å². The Balaban J connectivity index is 1.96. The van der Waals surface area contributed by atoms with Gasteiger partial charge in [-0.1, -0.05) is 12.1 Å². The van der Waals surface area contributed by atoms with Crippen molar-refractivity contribution in [2.45, 2.75) is 13.0 Å². The molecule has 0 spiro atoms. The molecule has 1 aromatic rings. The lowest BCUT2D eigenvalue weighted by molar-refractivity contribution is -0.127. The molecule has 0 bridgehead atoms. The second-order valence-electron chi connectivity index (χ2n) is 4.14. The van der Waals surface area contributed by atoms with Gasteiger partial charge in [-0.3, -0.25) is 4.79 Å². The van der Waals surface area contributed by atoms with Gasteiger partial charge in [0.1, 0.15) is 5.82 Å². The Labute approximate surface area is 94.0 Å². The number of amides is 1. The summed E-state index contributed by atoms with van der Waals surface area (Å²) in [4.78, 5) is 11.6. The zero-order chi connectivity index (χ0) is 11.5. The van der Waals surface area contributed by atoms with Gasteiger partial charge < -0.3 is 10.6 Å². The zero-order valence-corrected chi connectivity index (χ0v) is 9.16. The Morgan fingerprint density at radius 2 is 2.31 bits per heavy atom. The van der Waals surface area contributed by atoms with Crippen LogP contribution in [0, 0.1) is 11.7 Å². The number of benzene rings is 1. The largest absolute Gasteiger partial charge is 0.349 e. The first-order chi connectivity index (χ1) is 7.66. The molecule has 1 aliphatic rings. The van der Waals surface area contributed by atoms with Gasteiger partial charge in [0.25, 0.3) is 0 Å². The topological polar surface area (TPSA) is 41.1 Å². The summed E-state index contributed by atoms with van der Waals surface area (Å²) in [6.07, 6.45) is 0. The minimum atomic E-state index is -0.274. The van der Waals surface area contributed by atoms with Crippen molar-refractivity contribution in [2.75, 3.05) is 13.1 Å². The van der Waals surface area contributed by atoms with Gasteiger partial charge in [0.15, 0.2) is 0 Å². The fraction of sp³-hybridized carbons (Fsp3) is 0.417. The van der Waals surface area contributed by atoms with Crippen molar-refractivity contribution < 1.29 is 9.18 Å². The van der Waals surface area contributed by atoms with Crippen molar-refractivity contribution in [3.05, 3.63) is 35.6 Å². The van der Waals surface area contributed by atoms with E-state index in [1.54, 1.807) is 6.07 Å². The van der Waals surface area contributed by atoms with E-state index in [4.69, 9.17) is 0 Å². The normalized spacial score (nSPS) is 17.6. The van der Waals surface area contributed by atoms with Crippen molar-refractivity contribution in [3.8, 4) is 0 Å². The first-order valence-electron chi connectivity index (χ1n) is 5.43. The van der Waals surface area contributed by atoms with E-state index >= 15 is 0 Å². The maximum atomic E-state index is 13.0. The predicted molar refractivity (Wildman–Crippen MR) is 59.3 cm³/mol. The standard InChI is InChI=1S/C12H15FN2O/c1-8(9-3-2-4-11(13)5-9)15-12(16)10-6-14-7-10/h2-5,8,10,14H,6-7H2,1H3,(H,15,16)/t8-/m1/s1. The van der Waals surface area contributed by atoms with Crippen molar-refractivity contribution in [2.24, 2.45) is 5.92 Å². The molecule has 1 heterocycles. The molecule has 1 atom stereocenters. The Morgan fingerprint density at radius 3 is 2.88 bits per heavy atom. The fourth-order valence-electron chi connectivity index (χ4n) is 1.66. The van der Waals surface area contributed by atoms with Gasteiger partial charge in [-0.25, -0.2) is 4.39 Å². The highest BCUT2D eigenvalue weighted by molar-refractivity contribution is 5.80. The minimum absolute atomic E-state index is 0.0375. The van der Waals surface area contributed by atoms with E-state index < -0.39 is 0 Å². The third-order valence-electron chi connectivity index (χ3n) is 2.86. The Bertz CT molecular complexity index is 390. The average Bonchev–Trinajstić information content (AvgIpc) is 2.14. The summed E-state index contributed by atoms with van der Waals surface area (Å²) in [6, 6.07) is 6.16. The Morgan fingerprint density at radius 1 is 1.56 bits per heavy atom. The molecule has 0 aromatic heterocycles. The summed E-state index contributed by atoms with van der Waals surface area (Å²) in [7, 11) is 0. The third kappa shape index (κ3) is 2.39. The van der Waals surface area contributed by atoms with Crippen LogP contribution in [0.4, 0.5) is 4.39 Å². The predicted octanol–water partition coefficient (Wildman–Crippen LogP) is 1.22. The molecule has 0 saturated carbocycles. The van der Waals surface area contributed by atoms with Gasteiger partial charge in [0.05, 0.1) is 12.0 Å². The number of carbonyl (C=O) groups excluding carboxylic acids is 1. The van der Waals surface area contributed by atoms with E-state index in [0.717, 1.165) is 18.7 Å². The van der Waals surface area contributed by atoms with Crippen molar-refractivity contribution in [1.82, 2.24) is 10.6 Å². The van der Waals surface area contributed by atoms with E-state index in [1.807, 2.05) is 13.0 Å². The van der Waals surface area contributed by atoms with Gasteiger partial charge >= 0.3 is 0 Å². The molecule has 0 unspecified atom stereocenters. The molecule has 1 amide bonds. The van der Waals surface area contributed by atoms with Crippen LogP contribution in [-0.4, -0.2) is 19.0 Å². The van der Waals surface area contributed by atoms with Crippen LogP contribution in [0.1, 0.15) is 18.5 Å². The number of hydrogen-bond acceptors (Lipinski definition) is 2. The van der Waals surface area contributed by atoms with Crippen molar-refractivity contribution >= 4 is 5.91 Å². The van der Waals surface area contributed by atoms with E-state index in [1.165, 1.54) is 12.1 Å². The number of halogens is 1. The molecule has 1 saturated heterocycles. The van der Waals surface area contributed by atoms with Gasteiger partial charge in [0, 0.05) is 13.1 Å². The highest BCUT2D eigenvalue weighted by Gasteiger charge is 2.25. The van der Waals surface area contributed by atoms with E-state index in [0.29, 0.717) is 0 Å². The SMILES string of the molecule is C[C@@H](NC(=O)C1CNC1)c1cccc(F)c1. The number of rotatable bonds is 3. The molecule has 0 aliphatic carbocycles. The molecular weight excluding hydrogens is 207 g/mol. The minimum Gasteiger partial charge on any atom is -0.349 e. The van der Waals surface area contributed by atoms with Crippen LogP contribution in [0.2, 0.25) is 0 Å². The first-order valence-corrected chi connectivity index (χ1v) is 5.43. The quantitative estimate of drug-likeness (QED) is 0.807. The second-order valence-corrected chi connectivity index (χ2v) is 4.14. The number of hydrogen-bond donors (Lipinski definition) is 2. The van der Waals surface area contributed by atoms with Crippen LogP contribution in [0.5, 0.6) is 0 Å². The zero-order valence-electron chi connectivity index (χ0n) is 9.16. The molecular formula is C12H15FN2O. The van der Waals surface area contributed by atoms with Gasteiger partial charge in [-0.05, 0) is 24.6 Å². The monoisotopic (exact) mass is 222 g/mol. The molecule has 0 radical (unpaired) electrons. The molecule has 3 nitrogen and oxygen atoms in total. The van der Waals surface area contributed by atoms with Crippen LogP contribution in [0.15, 0.2) is 24.3 Å². The van der Waals surface area contributed by atoms with Crippen LogP contribution in [0.3, 0.4) is 0 Å². The molecule has 1 aromatic carbocycles. The molecule has 2 N–H and O–H groups in total. The number of carbonyl (C=O) groups is 1. The van der Waals surface area contributed by atoms with Crippen LogP contribution in [-0.2, 0) is 4.79 Å². The van der Waals surface area contributed by atoms with E-state index in [2.05, 4.69) is 10.6 Å². The third-order valence-corrected chi connectivity index (χ3v) is 2.86. The first kappa shape index (κ1) is 11.1. The molecule has 2 rings (SSSR count). The summed E-state index contributed by atoms with van der Waals surface area (Å²) in [5.41, 5.74) is 0.792. The maximum Gasteiger partial charge on any atom is 0.226 e. The van der Waals surface area contributed by atoms with Gasteiger partial charge in [-0.15, -0.1) is 0 Å². The fourth-order valence-corrected chi connectivity index (χ4v) is 1.66. The molecule has 4 heteroatoms. The summed E-state index contributed by atoms with van der Waals surface area (Å²) in [5, 5.41) is 5.92. The smallest absolute Gasteiger partial charge is 0.226 e. The Kier molecular flexibility index (Phi) is 3.19. The average molecular weight is 222 g/mol. The van der Waals surface area contributed by atoms with E-state index in [-0.39, 0.29) is 23.7 Å². The van der Waals surface area contributed by atoms with Gasteiger partial charge in [0.2, 0.25) is 5.91 Å². The summed E-state index contributed by atoms with van der Waals surface area (Å²) < 4.78 is 13.0. The summed E-state index contributed by atoms with van der Waals surface area (Å²) >= 11 is 0. The highest BCUT2D eigenvalue weighted by Crippen LogP contribution is 2.14. The lowest BCUT2D eigenvalue weighted by atomic mass is 10.0. The van der Waals surface area contributed by atoms with Crippen molar-refractivity contribution in [3.63, 3.8) is 0 Å². The lowest BCUT2D eigenvalue weighted by Crippen LogP contribution is -2.51. The van der Waals surface area contributed by atoms with Crippen LogP contribution < -0.4 is 10.6 Å². The lowest BCUT2D eigenvalue weighted by Gasteiger charge is -2.27. The number of nitrogens with one attached hydrogen (secondary N) is 2. The second kappa shape index (κ2) is 4.61. The van der Waals surface area contributed by atoms with Crippen LogP contribution >= 0.6 is 0 Å². The molecule has 86 valence electrons. The summed E-state index contributed by atoms with van der Waals surface area (Å²) in [5.74, 6) is -0.171. The molecule has 1 fully saturated rings. The van der Waals surface area contributed by atoms with Crippen LogP contribution in [0.25, 0.3) is 0 Å². The Hall–Kier alpha value is -1.42. The van der Waals surface area contributed by atoms with E-state index in [9.17, 15) is 9.18 Å². The molecule has 1 aliphatic heterocycles. The highest BCUT2D eigenvalue weighted by atomic mass is 19.1. The summed E-state index contributed by atoms with van der Waals surface area (Å²) in [6.45, 7) is 3.34. The molecule has 16 heavy (non-hydrogen) atoms. The van der Waals surface area contributed by atoms with Crippen molar-refractivity contribution in [1.29, 1.82) is 0 Å².